The lowest BCUT2D eigenvalue weighted by molar-refractivity contribution is -0.155. The van der Waals surface area contributed by atoms with Crippen LogP contribution in [0, 0.1) is 0 Å². The molecular weight excluding hydrogens is 384 g/mol. The Morgan fingerprint density at radius 3 is 2.80 bits per heavy atom. The highest BCUT2D eigenvalue weighted by atomic mass is 16.6. The van der Waals surface area contributed by atoms with Crippen molar-refractivity contribution in [1.82, 2.24) is 0 Å². The maximum absolute atomic E-state index is 12.4. The van der Waals surface area contributed by atoms with E-state index in [4.69, 9.17) is 18.6 Å². The molecule has 1 aliphatic heterocycles. The summed E-state index contributed by atoms with van der Waals surface area (Å²) in [6.07, 6.45) is 3.11. The van der Waals surface area contributed by atoms with Crippen molar-refractivity contribution in [3.8, 4) is 11.5 Å². The Hall–Kier alpha value is -3.54. The van der Waals surface area contributed by atoms with Gasteiger partial charge in [0, 0.05) is 30.0 Å². The molecule has 6 heteroatoms. The second kappa shape index (κ2) is 7.71. The molecule has 30 heavy (non-hydrogen) atoms. The molecule has 1 aliphatic rings. The van der Waals surface area contributed by atoms with Gasteiger partial charge in [0.2, 0.25) is 0 Å². The molecule has 2 aromatic carbocycles. The van der Waals surface area contributed by atoms with Gasteiger partial charge in [-0.3, -0.25) is 0 Å². The van der Waals surface area contributed by atoms with Gasteiger partial charge in [-0.15, -0.1) is 0 Å². The highest BCUT2D eigenvalue weighted by molar-refractivity contribution is 5.87. The lowest BCUT2D eigenvalue weighted by Gasteiger charge is -2.39. The van der Waals surface area contributed by atoms with Gasteiger partial charge in [0.15, 0.2) is 0 Å². The smallest absolute Gasteiger partial charge is 0.336 e. The molecule has 0 amide bonds. The van der Waals surface area contributed by atoms with E-state index in [1.165, 1.54) is 12.1 Å². The van der Waals surface area contributed by atoms with E-state index in [0.717, 1.165) is 16.5 Å². The first-order valence-electron chi connectivity index (χ1n) is 9.62. The van der Waals surface area contributed by atoms with E-state index in [2.05, 4.69) is 0 Å². The summed E-state index contributed by atoms with van der Waals surface area (Å²) in [4.78, 5) is 23.9. The summed E-state index contributed by atoms with van der Waals surface area (Å²) in [5, 5.41) is 0.791. The van der Waals surface area contributed by atoms with Gasteiger partial charge in [-0.25, -0.2) is 9.59 Å². The second-order valence-corrected chi connectivity index (χ2v) is 7.70. The van der Waals surface area contributed by atoms with Crippen LogP contribution in [0.1, 0.15) is 25.0 Å². The predicted molar refractivity (Wildman–Crippen MR) is 113 cm³/mol. The number of hydrogen-bond donors (Lipinski definition) is 0. The Balaban J connectivity index is 1.53. The molecule has 6 nitrogen and oxygen atoms in total. The summed E-state index contributed by atoms with van der Waals surface area (Å²) in [6.45, 7) is 3.73. The molecule has 3 aromatic rings. The first-order valence-corrected chi connectivity index (χ1v) is 9.62. The van der Waals surface area contributed by atoms with Crippen LogP contribution < -0.4 is 15.1 Å². The van der Waals surface area contributed by atoms with Gasteiger partial charge in [-0.2, -0.15) is 0 Å². The van der Waals surface area contributed by atoms with Crippen molar-refractivity contribution >= 4 is 23.0 Å². The molecule has 0 radical (unpaired) electrons. The van der Waals surface area contributed by atoms with E-state index < -0.39 is 23.3 Å². The minimum absolute atomic E-state index is 0.410. The number of hydrogen-bond acceptors (Lipinski definition) is 6. The van der Waals surface area contributed by atoms with Crippen LogP contribution in [0.5, 0.6) is 11.5 Å². The number of benzene rings is 2. The Morgan fingerprint density at radius 2 is 2.00 bits per heavy atom. The Kier molecular flexibility index (Phi) is 5.08. The highest BCUT2D eigenvalue weighted by Gasteiger charge is 2.39. The first kappa shape index (κ1) is 19.8. The number of carbonyl (C=O) groups excluding carboxylic acids is 1. The Morgan fingerprint density at radius 1 is 1.17 bits per heavy atom. The molecule has 0 fully saturated rings. The normalized spacial score (nSPS) is 17.4. The van der Waals surface area contributed by atoms with Crippen molar-refractivity contribution in [2.75, 3.05) is 7.11 Å². The van der Waals surface area contributed by atoms with E-state index in [9.17, 15) is 9.59 Å². The molecule has 0 spiro atoms. The van der Waals surface area contributed by atoms with Crippen LogP contribution in [0.25, 0.3) is 17.0 Å². The third-order valence-electron chi connectivity index (χ3n) is 5.12. The number of carbonyl (C=O) groups is 1. The van der Waals surface area contributed by atoms with Crippen LogP contribution >= 0.6 is 0 Å². The van der Waals surface area contributed by atoms with E-state index in [-0.39, 0.29) is 0 Å². The van der Waals surface area contributed by atoms with E-state index in [1.54, 1.807) is 25.3 Å². The Labute approximate surface area is 173 Å². The summed E-state index contributed by atoms with van der Waals surface area (Å²) in [5.74, 6) is 0.891. The van der Waals surface area contributed by atoms with Gasteiger partial charge in [0.1, 0.15) is 28.8 Å². The lowest BCUT2D eigenvalue weighted by atomic mass is 9.90. The van der Waals surface area contributed by atoms with Crippen LogP contribution in [0.3, 0.4) is 0 Å². The van der Waals surface area contributed by atoms with Crippen molar-refractivity contribution in [3.63, 3.8) is 0 Å². The SMILES string of the molecule is COc1cccc(C=CC(=O)O[C@@H]2Cc3cc4ccc(=O)oc4cc3OC2(C)C)c1. The third-order valence-corrected chi connectivity index (χ3v) is 5.12. The maximum atomic E-state index is 12.4. The molecule has 0 unspecified atom stereocenters. The average Bonchev–Trinajstić information content (AvgIpc) is 2.71. The zero-order chi connectivity index (χ0) is 21.3. The van der Waals surface area contributed by atoms with Crippen LogP contribution in [-0.2, 0) is 16.0 Å². The molecule has 154 valence electrons. The summed E-state index contributed by atoms with van der Waals surface area (Å²) < 4.78 is 22.2. The fourth-order valence-corrected chi connectivity index (χ4v) is 3.47. The number of esters is 1. The fraction of sp³-hybridized carbons (Fsp3) is 0.250. The van der Waals surface area contributed by atoms with Crippen molar-refractivity contribution in [2.24, 2.45) is 0 Å². The topological polar surface area (TPSA) is 75.0 Å². The summed E-state index contributed by atoms with van der Waals surface area (Å²) >= 11 is 0. The van der Waals surface area contributed by atoms with Gasteiger partial charge in [0.05, 0.1) is 7.11 Å². The molecule has 0 saturated carbocycles. The minimum Gasteiger partial charge on any atom is -0.497 e. The van der Waals surface area contributed by atoms with Crippen LogP contribution in [0.2, 0.25) is 0 Å². The standard InChI is InChI=1S/C24H22O6/c1-24(2)21(29-23(26)9-7-15-5-4-6-18(11-15)27-3)13-17-12-16-8-10-22(25)28-19(16)14-20(17)30-24/h4-12,14,21H,13H2,1-3H3/t21-/m1/s1. The van der Waals surface area contributed by atoms with Crippen molar-refractivity contribution in [2.45, 2.75) is 32.0 Å². The molecule has 0 bridgehead atoms. The average molecular weight is 406 g/mol. The molecule has 4 rings (SSSR count). The number of rotatable bonds is 4. The largest absolute Gasteiger partial charge is 0.497 e. The van der Waals surface area contributed by atoms with Crippen molar-refractivity contribution in [1.29, 1.82) is 0 Å². The number of ether oxygens (including phenoxy) is 3. The van der Waals surface area contributed by atoms with E-state index >= 15 is 0 Å². The fourth-order valence-electron chi connectivity index (χ4n) is 3.47. The second-order valence-electron chi connectivity index (χ2n) is 7.70. The lowest BCUT2D eigenvalue weighted by Crippen LogP contribution is -2.48. The maximum Gasteiger partial charge on any atom is 0.336 e. The monoisotopic (exact) mass is 406 g/mol. The summed E-state index contributed by atoms with van der Waals surface area (Å²) in [6, 6.07) is 14.1. The quantitative estimate of drug-likeness (QED) is 0.368. The third kappa shape index (κ3) is 4.08. The number of methoxy groups -OCH3 is 1. The van der Waals surface area contributed by atoms with Gasteiger partial charge >= 0.3 is 11.6 Å². The van der Waals surface area contributed by atoms with E-state index in [0.29, 0.717) is 23.5 Å². The van der Waals surface area contributed by atoms with Crippen molar-refractivity contribution < 1.29 is 23.4 Å². The summed E-state index contributed by atoms with van der Waals surface area (Å²) in [5.41, 5.74) is 1.05. The molecule has 2 heterocycles. The zero-order valence-electron chi connectivity index (χ0n) is 17.0. The first-order chi connectivity index (χ1) is 14.3. The van der Waals surface area contributed by atoms with Crippen LogP contribution in [0.15, 0.2) is 63.8 Å². The predicted octanol–water partition coefficient (Wildman–Crippen LogP) is 4.14. The van der Waals surface area contributed by atoms with Gasteiger partial charge in [-0.05, 0) is 55.3 Å². The summed E-state index contributed by atoms with van der Waals surface area (Å²) in [7, 11) is 1.59. The highest BCUT2D eigenvalue weighted by Crippen LogP contribution is 2.37. The molecule has 0 N–H and O–H groups in total. The molecular formula is C24H22O6. The zero-order valence-corrected chi connectivity index (χ0v) is 17.0. The minimum atomic E-state index is -0.741. The van der Waals surface area contributed by atoms with Crippen LogP contribution in [0.4, 0.5) is 0 Å². The van der Waals surface area contributed by atoms with Gasteiger partial charge in [0.25, 0.3) is 0 Å². The number of fused-ring (bicyclic) bond motifs is 2. The molecule has 1 atom stereocenters. The Bertz CT molecular complexity index is 1190. The molecule has 0 saturated heterocycles. The van der Waals surface area contributed by atoms with Gasteiger partial charge < -0.3 is 18.6 Å². The van der Waals surface area contributed by atoms with Crippen molar-refractivity contribution in [3.05, 3.63) is 76.2 Å². The van der Waals surface area contributed by atoms with Gasteiger partial charge in [-0.1, -0.05) is 12.1 Å². The van der Waals surface area contributed by atoms with E-state index in [1.807, 2.05) is 44.2 Å². The molecule has 0 aliphatic carbocycles. The molecule has 1 aromatic heterocycles. The van der Waals surface area contributed by atoms with Crippen LogP contribution in [-0.4, -0.2) is 24.8 Å².